The first-order valence-corrected chi connectivity index (χ1v) is 6.98. The van der Waals surface area contributed by atoms with Gasteiger partial charge in [0.2, 0.25) is 0 Å². The van der Waals surface area contributed by atoms with Gasteiger partial charge in [0, 0.05) is 30.4 Å². The van der Waals surface area contributed by atoms with Crippen molar-refractivity contribution in [3.05, 3.63) is 53.3 Å². The van der Waals surface area contributed by atoms with Crippen molar-refractivity contribution in [1.82, 2.24) is 4.57 Å². The Bertz CT molecular complexity index is 721. The van der Waals surface area contributed by atoms with Crippen molar-refractivity contribution in [3.63, 3.8) is 0 Å². The van der Waals surface area contributed by atoms with Gasteiger partial charge in [-0.3, -0.25) is 4.79 Å². The van der Waals surface area contributed by atoms with E-state index in [1.807, 2.05) is 35.2 Å². The summed E-state index contributed by atoms with van der Waals surface area (Å²) < 4.78 is 7.19. The van der Waals surface area contributed by atoms with E-state index in [4.69, 9.17) is 10.00 Å². The average Bonchev–Trinajstić information content (AvgIpc) is 3.26. The molecule has 1 aliphatic rings. The molecule has 0 aliphatic heterocycles. The number of methoxy groups -OCH3 is 1. The molecule has 0 saturated heterocycles. The van der Waals surface area contributed by atoms with Crippen molar-refractivity contribution >= 4 is 5.78 Å². The molecule has 0 atom stereocenters. The SMILES string of the molecule is COc1cc(Cn2ccc(C(=O)C3CC3)c2)ccc1C#N. The molecule has 1 aromatic heterocycles. The fourth-order valence-corrected chi connectivity index (χ4v) is 2.40. The van der Waals surface area contributed by atoms with Crippen molar-refractivity contribution in [2.75, 3.05) is 7.11 Å². The molecular weight excluding hydrogens is 264 g/mol. The zero-order chi connectivity index (χ0) is 14.8. The third kappa shape index (κ3) is 2.82. The van der Waals surface area contributed by atoms with E-state index in [0.29, 0.717) is 17.9 Å². The van der Waals surface area contributed by atoms with Gasteiger partial charge in [-0.1, -0.05) is 6.07 Å². The number of hydrogen-bond acceptors (Lipinski definition) is 3. The predicted octanol–water partition coefficient (Wildman–Crippen LogP) is 3.01. The Morgan fingerprint density at radius 3 is 2.90 bits per heavy atom. The van der Waals surface area contributed by atoms with Crippen LogP contribution < -0.4 is 4.74 Å². The maximum Gasteiger partial charge on any atom is 0.167 e. The van der Waals surface area contributed by atoms with Crippen LogP contribution in [-0.4, -0.2) is 17.5 Å². The number of nitriles is 1. The number of ether oxygens (including phenoxy) is 1. The second kappa shape index (κ2) is 5.45. The van der Waals surface area contributed by atoms with Crippen LogP contribution in [-0.2, 0) is 6.54 Å². The van der Waals surface area contributed by atoms with E-state index in [-0.39, 0.29) is 11.7 Å². The molecule has 106 valence electrons. The van der Waals surface area contributed by atoms with Crippen LogP contribution in [0.15, 0.2) is 36.7 Å². The molecule has 0 radical (unpaired) electrons. The van der Waals surface area contributed by atoms with Crippen LogP contribution in [0.25, 0.3) is 0 Å². The van der Waals surface area contributed by atoms with Crippen molar-refractivity contribution in [3.8, 4) is 11.8 Å². The zero-order valence-corrected chi connectivity index (χ0v) is 11.9. The van der Waals surface area contributed by atoms with Gasteiger partial charge in [-0.15, -0.1) is 0 Å². The summed E-state index contributed by atoms with van der Waals surface area (Å²) in [6, 6.07) is 9.50. The number of carbonyl (C=O) groups excluding carboxylic acids is 1. The lowest BCUT2D eigenvalue weighted by Crippen LogP contribution is -2.01. The molecular formula is C17H16N2O2. The fraction of sp³-hybridized carbons (Fsp3) is 0.294. The molecule has 4 nitrogen and oxygen atoms in total. The maximum absolute atomic E-state index is 12.0. The van der Waals surface area contributed by atoms with Crippen molar-refractivity contribution in [1.29, 1.82) is 5.26 Å². The number of hydrogen-bond donors (Lipinski definition) is 0. The Morgan fingerprint density at radius 2 is 2.24 bits per heavy atom. The normalized spacial score (nSPS) is 13.7. The average molecular weight is 280 g/mol. The summed E-state index contributed by atoms with van der Waals surface area (Å²) in [5.74, 6) is 1.08. The van der Waals surface area contributed by atoms with Crippen LogP contribution in [0.2, 0.25) is 0 Å². The first kappa shape index (κ1) is 13.4. The number of rotatable bonds is 5. The molecule has 1 aromatic carbocycles. The van der Waals surface area contributed by atoms with Gasteiger partial charge in [0.1, 0.15) is 11.8 Å². The summed E-state index contributed by atoms with van der Waals surface area (Å²) in [4.78, 5) is 12.0. The van der Waals surface area contributed by atoms with Crippen LogP contribution in [0.4, 0.5) is 0 Å². The lowest BCUT2D eigenvalue weighted by atomic mass is 10.1. The molecule has 0 N–H and O–H groups in total. The zero-order valence-electron chi connectivity index (χ0n) is 11.9. The summed E-state index contributed by atoms with van der Waals surface area (Å²) in [7, 11) is 1.56. The van der Waals surface area contributed by atoms with Crippen molar-refractivity contribution in [2.45, 2.75) is 19.4 Å². The molecule has 3 rings (SSSR count). The fourth-order valence-electron chi connectivity index (χ4n) is 2.40. The lowest BCUT2D eigenvalue weighted by molar-refractivity contribution is 0.0967. The number of carbonyl (C=O) groups is 1. The number of nitrogens with zero attached hydrogens (tertiary/aromatic N) is 2. The molecule has 1 fully saturated rings. The molecule has 0 spiro atoms. The van der Waals surface area contributed by atoms with Crippen LogP contribution >= 0.6 is 0 Å². The Hall–Kier alpha value is -2.54. The highest BCUT2D eigenvalue weighted by Crippen LogP contribution is 2.32. The minimum absolute atomic E-state index is 0.246. The van der Waals surface area contributed by atoms with E-state index in [2.05, 4.69) is 6.07 Å². The molecule has 0 unspecified atom stereocenters. The molecule has 1 aliphatic carbocycles. The quantitative estimate of drug-likeness (QED) is 0.791. The van der Waals surface area contributed by atoms with Gasteiger partial charge in [0.05, 0.1) is 12.7 Å². The minimum atomic E-state index is 0.246. The molecule has 4 heteroatoms. The van der Waals surface area contributed by atoms with Crippen LogP contribution in [0.1, 0.15) is 34.3 Å². The lowest BCUT2D eigenvalue weighted by Gasteiger charge is -2.07. The Balaban J connectivity index is 1.77. The summed E-state index contributed by atoms with van der Waals surface area (Å²) in [5, 5.41) is 8.98. The number of Topliss-reactive ketones (excluding diaryl/α,β-unsaturated/α-hetero) is 1. The Morgan fingerprint density at radius 1 is 1.43 bits per heavy atom. The number of aromatic nitrogens is 1. The Kier molecular flexibility index (Phi) is 3.49. The number of ketones is 1. The van der Waals surface area contributed by atoms with Gasteiger partial charge in [-0.05, 0) is 36.6 Å². The van der Waals surface area contributed by atoms with Crippen molar-refractivity contribution in [2.24, 2.45) is 5.92 Å². The molecule has 0 amide bonds. The predicted molar refractivity (Wildman–Crippen MR) is 78.3 cm³/mol. The summed E-state index contributed by atoms with van der Waals surface area (Å²) >= 11 is 0. The molecule has 1 heterocycles. The summed E-state index contributed by atoms with van der Waals surface area (Å²) in [6.07, 6.45) is 5.86. The van der Waals surface area contributed by atoms with E-state index in [0.717, 1.165) is 24.0 Å². The second-order valence-electron chi connectivity index (χ2n) is 5.36. The molecule has 21 heavy (non-hydrogen) atoms. The topological polar surface area (TPSA) is 55.0 Å². The first-order chi connectivity index (χ1) is 10.2. The highest BCUT2D eigenvalue weighted by Gasteiger charge is 2.30. The largest absolute Gasteiger partial charge is 0.495 e. The Labute approximate surface area is 123 Å². The maximum atomic E-state index is 12.0. The van der Waals surface area contributed by atoms with Gasteiger partial charge >= 0.3 is 0 Å². The van der Waals surface area contributed by atoms with Gasteiger partial charge < -0.3 is 9.30 Å². The van der Waals surface area contributed by atoms with E-state index >= 15 is 0 Å². The van der Waals surface area contributed by atoms with Gasteiger partial charge in [0.15, 0.2) is 5.78 Å². The smallest absolute Gasteiger partial charge is 0.167 e. The van der Waals surface area contributed by atoms with Crippen LogP contribution in [0.5, 0.6) is 5.75 Å². The highest BCUT2D eigenvalue weighted by molar-refractivity contribution is 5.99. The minimum Gasteiger partial charge on any atom is -0.495 e. The molecule has 0 bridgehead atoms. The first-order valence-electron chi connectivity index (χ1n) is 6.98. The van der Waals surface area contributed by atoms with E-state index in [1.54, 1.807) is 13.2 Å². The number of benzene rings is 1. The standard InChI is InChI=1S/C17H16N2O2/c1-21-16-8-12(2-3-14(16)9-18)10-19-7-6-15(11-19)17(20)13-4-5-13/h2-3,6-8,11,13H,4-5,10H2,1H3. The molecule has 2 aromatic rings. The second-order valence-corrected chi connectivity index (χ2v) is 5.36. The monoisotopic (exact) mass is 280 g/mol. The highest BCUT2D eigenvalue weighted by atomic mass is 16.5. The van der Waals surface area contributed by atoms with Crippen LogP contribution in [0.3, 0.4) is 0 Å². The summed E-state index contributed by atoms with van der Waals surface area (Å²) in [5.41, 5.74) is 2.35. The third-order valence-corrected chi connectivity index (χ3v) is 3.73. The van der Waals surface area contributed by atoms with E-state index < -0.39 is 0 Å². The van der Waals surface area contributed by atoms with Gasteiger partial charge in [0.25, 0.3) is 0 Å². The van der Waals surface area contributed by atoms with E-state index in [1.165, 1.54) is 0 Å². The third-order valence-electron chi connectivity index (χ3n) is 3.73. The van der Waals surface area contributed by atoms with Gasteiger partial charge in [-0.2, -0.15) is 5.26 Å². The van der Waals surface area contributed by atoms with Crippen molar-refractivity contribution < 1.29 is 9.53 Å². The summed E-state index contributed by atoms with van der Waals surface area (Å²) in [6.45, 7) is 0.653. The molecule has 1 saturated carbocycles. The van der Waals surface area contributed by atoms with Gasteiger partial charge in [-0.25, -0.2) is 0 Å². The van der Waals surface area contributed by atoms with E-state index in [9.17, 15) is 4.79 Å². The van der Waals surface area contributed by atoms with Crippen LogP contribution in [0, 0.1) is 17.2 Å².